The monoisotopic (exact) mass is 497 g/mol. The van der Waals surface area contributed by atoms with Crippen LogP contribution in [0.25, 0.3) is 11.3 Å². The van der Waals surface area contributed by atoms with Gasteiger partial charge in [0.25, 0.3) is 0 Å². The van der Waals surface area contributed by atoms with Crippen molar-refractivity contribution >= 4 is 17.6 Å². The quantitative estimate of drug-likeness (QED) is 0.239. The van der Waals surface area contributed by atoms with Gasteiger partial charge >= 0.3 is 6.18 Å². The molecule has 0 amide bonds. The van der Waals surface area contributed by atoms with E-state index in [2.05, 4.69) is 25.3 Å². The Balaban J connectivity index is 1.54. The predicted octanol–water partition coefficient (Wildman–Crippen LogP) is 7.20. The fourth-order valence-electron chi connectivity index (χ4n) is 3.69. The summed E-state index contributed by atoms with van der Waals surface area (Å²) in [4.78, 5) is 16.6. The number of alkyl halides is 3. The van der Waals surface area contributed by atoms with Crippen LogP contribution in [-0.2, 0) is 12.6 Å². The Labute approximate surface area is 206 Å². The number of aryl methyl sites for hydroxylation is 1. The molecular weight excluding hydrogens is 471 g/mol. The molecule has 0 aliphatic rings. The van der Waals surface area contributed by atoms with Crippen LogP contribution >= 0.6 is 11.8 Å². The minimum absolute atomic E-state index is 0.166. The third kappa shape index (κ3) is 6.42. The first-order chi connectivity index (χ1) is 16.8. The Hall–Kier alpha value is -3.33. The zero-order chi connectivity index (χ0) is 24.8. The fourth-order valence-corrected chi connectivity index (χ4v) is 4.91. The van der Waals surface area contributed by atoms with Crippen LogP contribution in [0.3, 0.4) is 0 Å². The van der Waals surface area contributed by atoms with Crippen molar-refractivity contribution < 1.29 is 13.2 Å². The zero-order valence-corrected chi connectivity index (χ0v) is 20.2. The van der Waals surface area contributed by atoms with Crippen molar-refractivity contribution in [1.29, 1.82) is 0 Å². The lowest BCUT2D eigenvalue weighted by atomic mass is 10.0. The average Bonchev–Trinajstić information content (AvgIpc) is 3.35. The summed E-state index contributed by atoms with van der Waals surface area (Å²) in [5, 5.41) is 3.20. The number of anilines is 1. The van der Waals surface area contributed by atoms with E-state index in [9.17, 15) is 13.2 Å². The van der Waals surface area contributed by atoms with E-state index >= 15 is 0 Å². The average molecular weight is 498 g/mol. The van der Waals surface area contributed by atoms with Gasteiger partial charge in [0.2, 0.25) is 0 Å². The van der Waals surface area contributed by atoms with Crippen LogP contribution in [0, 0.1) is 0 Å². The molecule has 0 bridgehead atoms. The number of hydrogen-bond donors (Lipinski definition) is 2. The highest BCUT2D eigenvalue weighted by Crippen LogP contribution is 2.43. The standard InChI is InChI=1S/C26H26F3N5S/c1-17(2)19-6-3-4-7-22(19)35-23-10-9-18(14-20(23)26(27,28)29)21-15-25(34-16-33-21)30-11-5-8-24-31-12-13-32-24/h3-4,6-7,9-10,12-17H,5,8,11H2,1-2H3,(H,31,32)(H,30,33,34). The molecule has 4 rings (SSSR count). The lowest BCUT2D eigenvalue weighted by Gasteiger charge is -2.17. The van der Waals surface area contributed by atoms with Gasteiger partial charge in [0.05, 0.1) is 11.3 Å². The second-order valence-corrected chi connectivity index (χ2v) is 9.44. The van der Waals surface area contributed by atoms with Crippen molar-refractivity contribution in [1.82, 2.24) is 19.9 Å². The first-order valence-corrected chi connectivity index (χ1v) is 12.2. The Bertz CT molecular complexity index is 1260. The van der Waals surface area contributed by atoms with Crippen molar-refractivity contribution in [3.8, 4) is 11.3 Å². The normalized spacial score (nSPS) is 11.7. The fraction of sp³-hybridized carbons (Fsp3) is 0.269. The summed E-state index contributed by atoms with van der Waals surface area (Å²) in [7, 11) is 0. The molecule has 182 valence electrons. The van der Waals surface area contributed by atoms with E-state index in [0.717, 1.165) is 40.9 Å². The van der Waals surface area contributed by atoms with Gasteiger partial charge < -0.3 is 10.3 Å². The zero-order valence-electron chi connectivity index (χ0n) is 19.4. The van der Waals surface area contributed by atoms with Gasteiger partial charge in [0.1, 0.15) is 18.0 Å². The molecule has 0 radical (unpaired) electrons. The van der Waals surface area contributed by atoms with E-state index in [0.29, 0.717) is 23.6 Å². The van der Waals surface area contributed by atoms with Crippen molar-refractivity contribution in [2.75, 3.05) is 11.9 Å². The molecule has 0 spiro atoms. The second kappa shape index (κ2) is 10.9. The van der Waals surface area contributed by atoms with Gasteiger partial charge in [0, 0.05) is 46.8 Å². The maximum Gasteiger partial charge on any atom is 0.417 e. The molecule has 9 heteroatoms. The lowest BCUT2D eigenvalue weighted by molar-refractivity contribution is -0.139. The largest absolute Gasteiger partial charge is 0.417 e. The van der Waals surface area contributed by atoms with Crippen molar-refractivity contribution in [3.05, 3.63) is 84.2 Å². The Morgan fingerprint density at radius 1 is 1.00 bits per heavy atom. The van der Waals surface area contributed by atoms with Gasteiger partial charge in [-0.15, -0.1) is 0 Å². The molecule has 2 heterocycles. The number of nitrogens with zero attached hydrogens (tertiary/aromatic N) is 3. The Kier molecular flexibility index (Phi) is 7.75. The highest BCUT2D eigenvalue weighted by Gasteiger charge is 2.34. The van der Waals surface area contributed by atoms with E-state index in [1.165, 1.54) is 18.5 Å². The Morgan fingerprint density at radius 2 is 1.83 bits per heavy atom. The number of imidazole rings is 1. The number of hydrogen-bond acceptors (Lipinski definition) is 5. The summed E-state index contributed by atoms with van der Waals surface area (Å²) in [6, 6.07) is 13.6. The molecule has 4 aromatic rings. The smallest absolute Gasteiger partial charge is 0.370 e. The van der Waals surface area contributed by atoms with E-state index in [-0.39, 0.29) is 10.8 Å². The molecule has 0 saturated heterocycles. The Morgan fingerprint density at radius 3 is 2.57 bits per heavy atom. The molecule has 0 aliphatic heterocycles. The molecule has 0 fully saturated rings. The van der Waals surface area contributed by atoms with Gasteiger partial charge in [-0.05, 0) is 36.1 Å². The number of aromatic amines is 1. The highest BCUT2D eigenvalue weighted by molar-refractivity contribution is 7.99. The minimum atomic E-state index is -4.49. The van der Waals surface area contributed by atoms with Crippen LogP contribution in [0.2, 0.25) is 0 Å². The molecule has 2 aromatic carbocycles. The third-order valence-electron chi connectivity index (χ3n) is 5.46. The summed E-state index contributed by atoms with van der Waals surface area (Å²) < 4.78 is 42.1. The predicted molar refractivity (Wildman–Crippen MR) is 133 cm³/mol. The number of aromatic nitrogens is 4. The molecule has 0 aliphatic carbocycles. The molecule has 35 heavy (non-hydrogen) atoms. The van der Waals surface area contributed by atoms with Crippen LogP contribution in [0.1, 0.15) is 43.1 Å². The van der Waals surface area contributed by atoms with Gasteiger partial charge in [-0.2, -0.15) is 13.2 Å². The number of H-pyrrole nitrogens is 1. The maximum atomic E-state index is 14.0. The molecule has 0 unspecified atom stereocenters. The maximum absolute atomic E-state index is 14.0. The first-order valence-electron chi connectivity index (χ1n) is 11.3. The van der Waals surface area contributed by atoms with Crippen molar-refractivity contribution in [2.24, 2.45) is 0 Å². The van der Waals surface area contributed by atoms with Crippen LogP contribution in [-0.4, -0.2) is 26.5 Å². The third-order valence-corrected chi connectivity index (χ3v) is 6.63. The number of halogens is 3. The van der Waals surface area contributed by atoms with Crippen LogP contribution < -0.4 is 5.32 Å². The molecule has 5 nitrogen and oxygen atoms in total. The topological polar surface area (TPSA) is 66.5 Å². The van der Waals surface area contributed by atoms with Crippen molar-refractivity contribution in [2.45, 2.75) is 48.6 Å². The van der Waals surface area contributed by atoms with Gasteiger partial charge in [-0.1, -0.05) is 49.9 Å². The van der Waals surface area contributed by atoms with Gasteiger partial charge in [0.15, 0.2) is 0 Å². The summed E-state index contributed by atoms with van der Waals surface area (Å²) >= 11 is 1.14. The summed E-state index contributed by atoms with van der Waals surface area (Å²) in [5.41, 5.74) is 1.16. The van der Waals surface area contributed by atoms with E-state index in [1.807, 2.05) is 38.1 Å². The second-order valence-electron chi connectivity index (χ2n) is 8.36. The first kappa shape index (κ1) is 24.8. The van der Waals surface area contributed by atoms with E-state index in [1.54, 1.807) is 24.5 Å². The molecular formula is C26H26F3N5S. The summed E-state index contributed by atoms with van der Waals surface area (Å²) in [6.45, 7) is 4.71. The van der Waals surface area contributed by atoms with Crippen molar-refractivity contribution in [3.63, 3.8) is 0 Å². The van der Waals surface area contributed by atoms with Crippen LogP contribution in [0.4, 0.5) is 19.0 Å². The summed E-state index contributed by atoms with van der Waals surface area (Å²) in [6.07, 6.45) is 1.97. The summed E-state index contributed by atoms with van der Waals surface area (Å²) in [5.74, 6) is 1.68. The van der Waals surface area contributed by atoms with Crippen LogP contribution in [0.5, 0.6) is 0 Å². The number of rotatable bonds is 9. The molecule has 0 atom stereocenters. The molecule has 2 N–H and O–H groups in total. The molecule has 0 saturated carbocycles. The minimum Gasteiger partial charge on any atom is -0.370 e. The van der Waals surface area contributed by atoms with Crippen LogP contribution in [0.15, 0.2) is 77.0 Å². The van der Waals surface area contributed by atoms with Gasteiger partial charge in [-0.3, -0.25) is 0 Å². The highest BCUT2D eigenvalue weighted by atomic mass is 32.2. The SMILES string of the molecule is CC(C)c1ccccc1Sc1ccc(-c2cc(NCCCc3ncc[nH]3)ncn2)cc1C(F)(F)F. The number of nitrogens with one attached hydrogen (secondary N) is 2. The lowest BCUT2D eigenvalue weighted by Crippen LogP contribution is -2.08. The van der Waals surface area contributed by atoms with Gasteiger partial charge in [-0.25, -0.2) is 15.0 Å². The number of benzene rings is 2. The van der Waals surface area contributed by atoms with E-state index in [4.69, 9.17) is 0 Å². The molecule has 2 aromatic heterocycles. The van der Waals surface area contributed by atoms with E-state index < -0.39 is 11.7 Å².